The SMILES string of the molecule is C=CCN1CCN(C(=O)NC(C)c2ccc(C(C)C)cc2)CC1. The van der Waals surface area contributed by atoms with E-state index in [9.17, 15) is 4.79 Å². The first-order valence-electron chi connectivity index (χ1n) is 8.49. The van der Waals surface area contributed by atoms with E-state index in [0.29, 0.717) is 5.92 Å². The molecule has 0 bridgehead atoms. The van der Waals surface area contributed by atoms with Crippen LogP contribution in [-0.2, 0) is 0 Å². The highest BCUT2D eigenvalue weighted by molar-refractivity contribution is 5.74. The summed E-state index contributed by atoms with van der Waals surface area (Å²) in [4.78, 5) is 16.6. The van der Waals surface area contributed by atoms with E-state index >= 15 is 0 Å². The molecule has 1 atom stereocenters. The van der Waals surface area contributed by atoms with Crippen molar-refractivity contribution >= 4 is 6.03 Å². The van der Waals surface area contributed by atoms with E-state index in [1.165, 1.54) is 5.56 Å². The molecule has 1 N–H and O–H groups in total. The average Bonchev–Trinajstić information content (AvgIpc) is 2.55. The Morgan fingerprint density at radius 2 is 1.70 bits per heavy atom. The minimum absolute atomic E-state index is 0.0231. The van der Waals surface area contributed by atoms with Crippen molar-refractivity contribution < 1.29 is 4.79 Å². The first kappa shape index (κ1) is 17.5. The van der Waals surface area contributed by atoms with Gasteiger partial charge in [-0.2, -0.15) is 0 Å². The molecule has 0 aromatic heterocycles. The fourth-order valence-electron chi connectivity index (χ4n) is 2.85. The molecule has 0 aliphatic carbocycles. The van der Waals surface area contributed by atoms with Gasteiger partial charge in [-0.25, -0.2) is 4.79 Å². The van der Waals surface area contributed by atoms with Crippen molar-refractivity contribution in [2.75, 3.05) is 32.7 Å². The van der Waals surface area contributed by atoms with Crippen molar-refractivity contribution in [3.63, 3.8) is 0 Å². The minimum Gasteiger partial charge on any atom is -0.331 e. The Labute approximate surface area is 140 Å². The third-order valence-corrected chi connectivity index (χ3v) is 4.49. The van der Waals surface area contributed by atoms with Crippen molar-refractivity contribution in [3.05, 3.63) is 48.0 Å². The third kappa shape index (κ3) is 4.83. The highest BCUT2D eigenvalue weighted by Gasteiger charge is 2.21. The van der Waals surface area contributed by atoms with Crippen LogP contribution in [-0.4, -0.2) is 48.6 Å². The summed E-state index contributed by atoms with van der Waals surface area (Å²) >= 11 is 0. The first-order valence-corrected chi connectivity index (χ1v) is 8.49. The van der Waals surface area contributed by atoms with Gasteiger partial charge in [0.05, 0.1) is 6.04 Å². The number of amides is 2. The summed E-state index contributed by atoms with van der Waals surface area (Å²) in [5.41, 5.74) is 2.47. The van der Waals surface area contributed by atoms with Crippen LogP contribution in [0.4, 0.5) is 4.79 Å². The average molecular weight is 315 g/mol. The Morgan fingerprint density at radius 3 is 2.22 bits per heavy atom. The van der Waals surface area contributed by atoms with Gasteiger partial charge in [0.2, 0.25) is 0 Å². The predicted octanol–water partition coefficient (Wildman–Crippen LogP) is 3.38. The number of carbonyl (C=O) groups is 1. The Kier molecular flexibility index (Phi) is 6.22. The van der Waals surface area contributed by atoms with Gasteiger partial charge >= 0.3 is 6.03 Å². The van der Waals surface area contributed by atoms with Crippen molar-refractivity contribution in [1.29, 1.82) is 0 Å². The van der Waals surface area contributed by atoms with Crippen LogP contribution in [0, 0.1) is 0 Å². The van der Waals surface area contributed by atoms with Gasteiger partial charge in [0.25, 0.3) is 0 Å². The number of rotatable bonds is 5. The summed E-state index contributed by atoms with van der Waals surface area (Å²) in [5.74, 6) is 0.529. The molecule has 4 heteroatoms. The molecule has 0 spiro atoms. The maximum atomic E-state index is 12.4. The van der Waals surface area contributed by atoms with E-state index in [-0.39, 0.29) is 12.1 Å². The second-order valence-electron chi connectivity index (χ2n) is 6.57. The molecule has 2 rings (SSSR count). The molecule has 126 valence electrons. The number of hydrogen-bond donors (Lipinski definition) is 1. The molecule has 1 heterocycles. The van der Waals surface area contributed by atoms with Crippen molar-refractivity contribution in [3.8, 4) is 0 Å². The largest absolute Gasteiger partial charge is 0.331 e. The number of carbonyl (C=O) groups excluding carboxylic acids is 1. The molecule has 1 fully saturated rings. The molecule has 4 nitrogen and oxygen atoms in total. The van der Waals surface area contributed by atoms with Gasteiger partial charge in [-0.3, -0.25) is 4.90 Å². The topological polar surface area (TPSA) is 35.6 Å². The predicted molar refractivity (Wildman–Crippen MR) is 95.7 cm³/mol. The summed E-state index contributed by atoms with van der Waals surface area (Å²) in [5, 5.41) is 3.11. The number of hydrogen-bond acceptors (Lipinski definition) is 2. The van der Waals surface area contributed by atoms with Crippen molar-refractivity contribution in [1.82, 2.24) is 15.1 Å². The van der Waals surface area contributed by atoms with Crippen LogP contribution in [0.1, 0.15) is 43.9 Å². The van der Waals surface area contributed by atoms with Gasteiger partial charge in [-0.05, 0) is 24.0 Å². The zero-order chi connectivity index (χ0) is 16.8. The van der Waals surface area contributed by atoms with E-state index in [0.717, 1.165) is 38.3 Å². The quantitative estimate of drug-likeness (QED) is 0.846. The van der Waals surface area contributed by atoms with E-state index in [4.69, 9.17) is 0 Å². The zero-order valence-corrected chi connectivity index (χ0v) is 14.6. The van der Waals surface area contributed by atoms with Gasteiger partial charge in [0.1, 0.15) is 0 Å². The highest BCUT2D eigenvalue weighted by atomic mass is 16.2. The van der Waals surface area contributed by atoms with Crippen LogP contribution in [0.2, 0.25) is 0 Å². The maximum Gasteiger partial charge on any atom is 0.317 e. The minimum atomic E-state index is 0.0231. The van der Waals surface area contributed by atoms with Gasteiger partial charge in [0, 0.05) is 32.7 Å². The van der Waals surface area contributed by atoms with E-state index in [2.05, 4.69) is 54.9 Å². The summed E-state index contributed by atoms with van der Waals surface area (Å²) in [6, 6.07) is 8.58. The fourth-order valence-corrected chi connectivity index (χ4v) is 2.85. The lowest BCUT2D eigenvalue weighted by atomic mass is 10.00. The van der Waals surface area contributed by atoms with Crippen LogP contribution >= 0.6 is 0 Å². The summed E-state index contributed by atoms with van der Waals surface area (Å²) in [7, 11) is 0. The van der Waals surface area contributed by atoms with Crippen LogP contribution in [0.3, 0.4) is 0 Å². The number of urea groups is 1. The molecule has 1 aliphatic heterocycles. The number of benzene rings is 1. The second-order valence-corrected chi connectivity index (χ2v) is 6.57. The molecule has 0 saturated carbocycles. The van der Waals surface area contributed by atoms with E-state index in [1.54, 1.807) is 0 Å². The molecular weight excluding hydrogens is 286 g/mol. The van der Waals surface area contributed by atoms with Crippen molar-refractivity contribution in [2.24, 2.45) is 0 Å². The zero-order valence-electron chi connectivity index (χ0n) is 14.6. The summed E-state index contributed by atoms with van der Waals surface area (Å²) < 4.78 is 0. The standard InChI is InChI=1S/C19H29N3O/c1-5-10-21-11-13-22(14-12-21)19(23)20-16(4)18-8-6-17(7-9-18)15(2)3/h5-9,15-16H,1,10-14H2,2-4H3,(H,20,23). The van der Waals surface area contributed by atoms with Crippen LogP contribution < -0.4 is 5.32 Å². The van der Waals surface area contributed by atoms with Gasteiger partial charge < -0.3 is 10.2 Å². The van der Waals surface area contributed by atoms with Crippen LogP contribution in [0.15, 0.2) is 36.9 Å². The van der Waals surface area contributed by atoms with Gasteiger partial charge in [-0.1, -0.05) is 44.2 Å². The van der Waals surface area contributed by atoms with E-state index < -0.39 is 0 Å². The normalized spacial score (nSPS) is 17.1. The Balaban J connectivity index is 1.86. The third-order valence-electron chi connectivity index (χ3n) is 4.49. The van der Waals surface area contributed by atoms with Crippen LogP contribution in [0.25, 0.3) is 0 Å². The molecule has 1 aliphatic rings. The number of nitrogens with one attached hydrogen (secondary N) is 1. The Morgan fingerprint density at radius 1 is 1.13 bits per heavy atom. The first-order chi connectivity index (χ1) is 11.0. The lowest BCUT2D eigenvalue weighted by molar-refractivity contribution is 0.145. The molecule has 1 saturated heterocycles. The molecular formula is C19H29N3O. The highest BCUT2D eigenvalue weighted by Crippen LogP contribution is 2.18. The molecule has 1 aromatic rings. The lowest BCUT2D eigenvalue weighted by Gasteiger charge is -2.34. The smallest absolute Gasteiger partial charge is 0.317 e. The number of piperazine rings is 1. The molecule has 2 amide bonds. The van der Waals surface area contributed by atoms with Gasteiger partial charge in [0.15, 0.2) is 0 Å². The Hall–Kier alpha value is -1.81. The second kappa shape index (κ2) is 8.16. The molecule has 1 aromatic carbocycles. The summed E-state index contributed by atoms with van der Waals surface area (Å²) in [6.45, 7) is 14.5. The van der Waals surface area contributed by atoms with Gasteiger partial charge in [-0.15, -0.1) is 6.58 Å². The Bertz CT molecular complexity index is 516. The molecule has 23 heavy (non-hydrogen) atoms. The lowest BCUT2D eigenvalue weighted by Crippen LogP contribution is -2.52. The fraction of sp³-hybridized carbons (Fsp3) is 0.526. The van der Waals surface area contributed by atoms with E-state index in [1.807, 2.05) is 17.9 Å². The monoisotopic (exact) mass is 315 g/mol. The van der Waals surface area contributed by atoms with Crippen molar-refractivity contribution in [2.45, 2.75) is 32.7 Å². The van der Waals surface area contributed by atoms with Crippen LogP contribution in [0.5, 0.6) is 0 Å². The number of nitrogens with zero attached hydrogens (tertiary/aromatic N) is 2. The summed E-state index contributed by atoms with van der Waals surface area (Å²) in [6.07, 6.45) is 1.92. The maximum absolute atomic E-state index is 12.4. The molecule has 1 unspecified atom stereocenters. The molecule has 0 radical (unpaired) electrons.